The maximum absolute atomic E-state index is 12.9. The van der Waals surface area contributed by atoms with Crippen molar-refractivity contribution in [2.45, 2.75) is 38.3 Å². The Morgan fingerprint density at radius 3 is 2.76 bits per heavy atom. The van der Waals surface area contributed by atoms with Crippen LogP contribution in [0, 0.1) is 12.7 Å². The molecule has 0 aliphatic carbocycles. The van der Waals surface area contributed by atoms with Crippen molar-refractivity contribution in [2.75, 3.05) is 19.7 Å². The van der Waals surface area contributed by atoms with E-state index in [1.54, 1.807) is 12.1 Å². The standard InChI is InChI=1S/C20H25FN2O2/c1-16-4-2-11-22-19(16)14-23-12-3-9-20(24,10-13-23)15-25-18-7-5-17(21)6-8-18/h2,4-8,11,24H,3,9-10,12-15H2,1H3. The van der Waals surface area contributed by atoms with Gasteiger partial charge >= 0.3 is 0 Å². The Morgan fingerprint density at radius 2 is 2.00 bits per heavy atom. The number of pyridine rings is 1. The highest BCUT2D eigenvalue weighted by Gasteiger charge is 2.31. The fourth-order valence-electron chi connectivity index (χ4n) is 3.18. The van der Waals surface area contributed by atoms with Gasteiger partial charge in [0, 0.05) is 19.3 Å². The van der Waals surface area contributed by atoms with Crippen LogP contribution in [0.1, 0.15) is 30.5 Å². The third-order valence-corrected chi connectivity index (χ3v) is 4.82. The minimum Gasteiger partial charge on any atom is -0.491 e. The van der Waals surface area contributed by atoms with Gasteiger partial charge < -0.3 is 9.84 Å². The number of benzene rings is 1. The van der Waals surface area contributed by atoms with Gasteiger partial charge in [-0.15, -0.1) is 0 Å². The van der Waals surface area contributed by atoms with Gasteiger partial charge in [0.15, 0.2) is 0 Å². The summed E-state index contributed by atoms with van der Waals surface area (Å²) < 4.78 is 18.6. The number of halogens is 1. The molecule has 1 aliphatic heterocycles. The number of aliphatic hydroxyl groups is 1. The number of rotatable bonds is 5. The monoisotopic (exact) mass is 344 g/mol. The molecule has 2 aromatic rings. The van der Waals surface area contributed by atoms with Crippen LogP contribution < -0.4 is 4.74 Å². The van der Waals surface area contributed by atoms with E-state index >= 15 is 0 Å². The summed E-state index contributed by atoms with van der Waals surface area (Å²) >= 11 is 0. The smallest absolute Gasteiger partial charge is 0.123 e. The first kappa shape index (κ1) is 17.8. The van der Waals surface area contributed by atoms with Crippen molar-refractivity contribution < 1.29 is 14.2 Å². The van der Waals surface area contributed by atoms with E-state index in [2.05, 4.69) is 22.9 Å². The summed E-state index contributed by atoms with van der Waals surface area (Å²) in [6.45, 7) is 4.86. The van der Waals surface area contributed by atoms with Crippen molar-refractivity contribution >= 4 is 0 Å². The van der Waals surface area contributed by atoms with Crippen LogP contribution in [-0.2, 0) is 6.54 Å². The Bertz CT molecular complexity index is 692. The molecule has 25 heavy (non-hydrogen) atoms. The fourth-order valence-corrected chi connectivity index (χ4v) is 3.18. The van der Waals surface area contributed by atoms with Crippen LogP contribution in [0.4, 0.5) is 4.39 Å². The molecule has 1 aromatic heterocycles. The molecule has 3 rings (SSSR count). The second kappa shape index (κ2) is 7.93. The minimum absolute atomic E-state index is 0.231. The number of hydrogen-bond donors (Lipinski definition) is 1. The summed E-state index contributed by atoms with van der Waals surface area (Å²) in [5.74, 6) is 0.293. The predicted molar refractivity (Wildman–Crippen MR) is 94.9 cm³/mol. The highest BCUT2D eigenvalue weighted by atomic mass is 19.1. The Balaban J connectivity index is 1.54. The van der Waals surface area contributed by atoms with Crippen LogP contribution in [0.5, 0.6) is 5.75 Å². The molecule has 134 valence electrons. The Kier molecular flexibility index (Phi) is 5.66. The molecule has 1 fully saturated rings. The summed E-state index contributed by atoms with van der Waals surface area (Å²) in [5, 5.41) is 10.9. The molecular formula is C20H25FN2O2. The molecule has 1 N–H and O–H groups in total. The molecule has 2 heterocycles. The van der Waals surface area contributed by atoms with Gasteiger partial charge in [0.05, 0.1) is 11.3 Å². The Hall–Kier alpha value is -1.98. The second-order valence-electron chi connectivity index (χ2n) is 6.86. The summed E-state index contributed by atoms with van der Waals surface area (Å²) in [6, 6.07) is 9.93. The molecule has 0 saturated carbocycles. The third-order valence-electron chi connectivity index (χ3n) is 4.82. The molecule has 0 bridgehead atoms. The van der Waals surface area contributed by atoms with E-state index < -0.39 is 5.60 Å². The van der Waals surface area contributed by atoms with E-state index in [0.717, 1.165) is 31.7 Å². The number of aryl methyl sites for hydroxylation is 1. The molecule has 0 amide bonds. The van der Waals surface area contributed by atoms with Gasteiger partial charge in [-0.1, -0.05) is 6.07 Å². The van der Waals surface area contributed by atoms with Gasteiger partial charge in [-0.2, -0.15) is 0 Å². The molecule has 4 nitrogen and oxygen atoms in total. The number of nitrogens with zero attached hydrogens (tertiary/aromatic N) is 2. The summed E-state index contributed by atoms with van der Waals surface area (Å²) in [6.07, 6.45) is 4.09. The van der Waals surface area contributed by atoms with Gasteiger partial charge in [0.1, 0.15) is 18.2 Å². The van der Waals surface area contributed by atoms with Crippen molar-refractivity contribution in [2.24, 2.45) is 0 Å². The van der Waals surface area contributed by atoms with Gasteiger partial charge in [0.2, 0.25) is 0 Å². The highest BCUT2D eigenvalue weighted by molar-refractivity contribution is 5.22. The van der Waals surface area contributed by atoms with E-state index in [4.69, 9.17) is 4.74 Å². The van der Waals surface area contributed by atoms with E-state index in [9.17, 15) is 9.50 Å². The van der Waals surface area contributed by atoms with Crippen molar-refractivity contribution in [3.8, 4) is 5.75 Å². The van der Waals surface area contributed by atoms with Crippen LogP contribution in [0.3, 0.4) is 0 Å². The van der Waals surface area contributed by atoms with Crippen molar-refractivity contribution in [1.29, 1.82) is 0 Å². The lowest BCUT2D eigenvalue weighted by Gasteiger charge is -2.27. The average molecular weight is 344 g/mol. The molecular weight excluding hydrogens is 319 g/mol. The lowest BCUT2D eigenvalue weighted by molar-refractivity contribution is -0.0168. The number of hydrogen-bond acceptors (Lipinski definition) is 4. The van der Waals surface area contributed by atoms with Crippen molar-refractivity contribution in [3.63, 3.8) is 0 Å². The van der Waals surface area contributed by atoms with E-state index in [1.807, 2.05) is 12.3 Å². The van der Waals surface area contributed by atoms with E-state index in [0.29, 0.717) is 18.6 Å². The van der Waals surface area contributed by atoms with Crippen molar-refractivity contribution in [1.82, 2.24) is 9.88 Å². The first-order valence-electron chi connectivity index (χ1n) is 8.78. The maximum Gasteiger partial charge on any atom is 0.123 e. The quantitative estimate of drug-likeness (QED) is 0.904. The molecule has 1 saturated heterocycles. The van der Waals surface area contributed by atoms with E-state index in [1.165, 1.54) is 17.7 Å². The van der Waals surface area contributed by atoms with Crippen LogP contribution in [0.2, 0.25) is 0 Å². The first-order chi connectivity index (χ1) is 12.0. The molecule has 0 spiro atoms. The second-order valence-corrected chi connectivity index (χ2v) is 6.86. The zero-order valence-corrected chi connectivity index (χ0v) is 14.6. The molecule has 1 atom stereocenters. The van der Waals surface area contributed by atoms with Gasteiger partial charge in [-0.25, -0.2) is 4.39 Å². The zero-order valence-electron chi connectivity index (χ0n) is 14.6. The van der Waals surface area contributed by atoms with Crippen LogP contribution in [-0.4, -0.2) is 40.3 Å². The lowest BCUT2D eigenvalue weighted by atomic mass is 9.96. The highest BCUT2D eigenvalue weighted by Crippen LogP contribution is 2.25. The summed E-state index contributed by atoms with van der Waals surface area (Å²) in [4.78, 5) is 6.80. The summed E-state index contributed by atoms with van der Waals surface area (Å²) in [5.41, 5.74) is 1.44. The topological polar surface area (TPSA) is 45.6 Å². The molecule has 5 heteroatoms. The Morgan fingerprint density at radius 1 is 1.20 bits per heavy atom. The SMILES string of the molecule is Cc1cccnc1CN1CCCC(O)(COc2ccc(F)cc2)CC1. The number of aromatic nitrogens is 1. The first-order valence-corrected chi connectivity index (χ1v) is 8.78. The van der Waals surface area contributed by atoms with E-state index in [-0.39, 0.29) is 12.4 Å². The van der Waals surface area contributed by atoms with Crippen LogP contribution >= 0.6 is 0 Å². The molecule has 1 unspecified atom stereocenters. The van der Waals surface area contributed by atoms with Crippen LogP contribution in [0.25, 0.3) is 0 Å². The van der Waals surface area contributed by atoms with Gasteiger partial charge in [-0.05, 0) is 68.6 Å². The Labute approximate surface area is 148 Å². The van der Waals surface area contributed by atoms with Crippen molar-refractivity contribution in [3.05, 3.63) is 59.7 Å². The van der Waals surface area contributed by atoms with Gasteiger partial charge in [0.25, 0.3) is 0 Å². The van der Waals surface area contributed by atoms with Crippen LogP contribution in [0.15, 0.2) is 42.6 Å². The summed E-state index contributed by atoms with van der Waals surface area (Å²) in [7, 11) is 0. The third kappa shape index (κ3) is 5.00. The zero-order chi connectivity index (χ0) is 17.7. The number of likely N-dealkylation sites (tertiary alicyclic amines) is 1. The largest absolute Gasteiger partial charge is 0.491 e. The molecule has 1 aromatic carbocycles. The molecule has 0 radical (unpaired) electrons. The average Bonchev–Trinajstić information content (AvgIpc) is 2.79. The number of ether oxygens (including phenoxy) is 1. The normalized spacial score (nSPS) is 21.7. The molecule has 1 aliphatic rings. The predicted octanol–water partition coefficient (Wildman–Crippen LogP) is 3.33. The minimum atomic E-state index is -0.845. The maximum atomic E-state index is 12.9. The fraction of sp³-hybridized carbons (Fsp3) is 0.450. The van der Waals surface area contributed by atoms with Gasteiger partial charge in [-0.3, -0.25) is 9.88 Å². The lowest BCUT2D eigenvalue weighted by Crippen LogP contribution is -2.37.